The van der Waals surface area contributed by atoms with Crippen molar-refractivity contribution in [2.75, 3.05) is 19.5 Å². The molecule has 0 saturated heterocycles. The lowest BCUT2D eigenvalue weighted by molar-refractivity contribution is 0.0947. The van der Waals surface area contributed by atoms with E-state index in [9.17, 15) is 9.59 Å². The third-order valence-corrected chi connectivity index (χ3v) is 5.35. The first-order chi connectivity index (χ1) is 16.0. The van der Waals surface area contributed by atoms with Crippen LogP contribution in [0.2, 0.25) is 0 Å². The summed E-state index contributed by atoms with van der Waals surface area (Å²) in [6, 6.07) is 20.2. The van der Waals surface area contributed by atoms with Crippen molar-refractivity contribution in [2.45, 2.75) is 13.5 Å². The summed E-state index contributed by atoms with van der Waals surface area (Å²) in [4.78, 5) is 29.2. The molecule has 0 unspecified atom stereocenters. The predicted octanol–water partition coefficient (Wildman–Crippen LogP) is 4.68. The fourth-order valence-electron chi connectivity index (χ4n) is 3.68. The fraction of sp³-hybridized carbons (Fsp3) is 0.154. The molecule has 0 saturated carbocycles. The molecular formula is C26H25N3O4. The third kappa shape index (κ3) is 4.67. The number of carbonyl (C=O) groups excluding carboxylic acids is 2. The van der Waals surface area contributed by atoms with Crippen LogP contribution in [-0.4, -0.2) is 31.0 Å². The van der Waals surface area contributed by atoms with Crippen LogP contribution in [0.5, 0.6) is 11.5 Å². The smallest absolute Gasteiger partial charge is 0.270 e. The molecule has 7 heteroatoms. The molecule has 33 heavy (non-hydrogen) atoms. The molecule has 0 aliphatic rings. The van der Waals surface area contributed by atoms with Gasteiger partial charge in [0.1, 0.15) is 5.69 Å². The number of anilines is 1. The standard InChI is InChI=1S/C26H25N3O4/c1-16-7-6-8-18(13-16)25(30)29-23-19-9-4-5-10-20(19)28-24(23)26(31)27-15-17-11-12-21(32-2)22(14-17)33-3/h4-14,28H,15H2,1-3H3,(H,27,31)(H,29,30). The van der Waals surface area contributed by atoms with Crippen LogP contribution in [0.4, 0.5) is 5.69 Å². The number of carbonyl (C=O) groups is 2. The molecule has 0 aliphatic heterocycles. The Kier molecular flexibility index (Phi) is 6.31. The van der Waals surface area contributed by atoms with Crippen LogP contribution in [-0.2, 0) is 6.54 Å². The minimum absolute atomic E-state index is 0.278. The van der Waals surface area contributed by atoms with Gasteiger partial charge in [-0.25, -0.2) is 0 Å². The lowest BCUT2D eigenvalue weighted by atomic mass is 10.1. The Morgan fingerprint density at radius 1 is 0.879 bits per heavy atom. The van der Waals surface area contributed by atoms with Gasteiger partial charge in [0.25, 0.3) is 11.8 Å². The number of rotatable bonds is 7. The number of hydrogen-bond acceptors (Lipinski definition) is 4. The Hall–Kier alpha value is -4.26. The van der Waals surface area contributed by atoms with Gasteiger partial charge in [-0.15, -0.1) is 0 Å². The molecular weight excluding hydrogens is 418 g/mol. The van der Waals surface area contributed by atoms with Crippen LogP contribution >= 0.6 is 0 Å². The van der Waals surface area contributed by atoms with Crippen molar-refractivity contribution < 1.29 is 19.1 Å². The van der Waals surface area contributed by atoms with E-state index in [1.165, 1.54) is 0 Å². The number of aromatic amines is 1. The van der Waals surface area contributed by atoms with Crippen LogP contribution in [0.15, 0.2) is 66.7 Å². The first-order valence-electron chi connectivity index (χ1n) is 10.5. The van der Waals surface area contributed by atoms with E-state index in [1.54, 1.807) is 32.4 Å². The second-order valence-corrected chi connectivity index (χ2v) is 7.62. The first-order valence-corrected chi connectivity index (χ1v) is 10.5. The van der Waals surface area contributed by atoms with Crippen molar-refractivity contribution in [3.63, 3.8) is 0 Å². The van der Waals surface area contributed by atoms with E-state index >= 15 is 0 Å². The van der Waals surface area contributed by atoms with Gasteiger partial charge in [0.15, 0.2) is 11.5 Å². The number of aryl methyl sites for hydroxylation is 1. The maximum atomic E-state index is 13.1. The highest BCUT2D eigenvalue weighted by atomic mass is 16.5. The van der Waals surface area contributed by atoms with E-state index in [2.05, 4.69) is 15.6 Å². The van der Waals surface area contributed by atoms with Crippen molar-refractivity contribution in [3.8, 4) is 11.5 Å². The van der Waals surface area contributed by atoms with Crippen molar-refractivity contribution >= 4 is 28.4 Å². The lowest BCUT2D eigenvalue weighted by Crippen LogP contribution is -2.25. The second kappa shape index (κ2) is 9.48. The van der Waals surface area contributed by atoms with E-state index in [4.69, 9.17) is 9.47 Å². The lowest BCUT2D eigenvalue weighted by Gasteiger charge is -2.11. The molecule has 0 fully saturated rings. The molecule has 0 radical (unpaired) electrons. The summed E-state index contributed by atoms with van der Waals surface area (Å²) >= 11 is 0. The Bertz CT molecular complexity index is 1330. The highest BCUT2D eigenvalue weighted by Gasteiger charge is 2.20. The Morgan fingerprint density at radius 3 is 2.42 bits per heavy atom. The largest absolute Gasteiger partial charge is 0.493 e. The van der Waals surface area contributed by atoms with Crippen LogP contribution in [0.25, 0.3) is 10.9 Å². The molecule has 1 aromatic heterocycles. The fourth-order valence-corrected chi connectivity index (χ4v) is 3.68. The van der Waals surface area contributed by atoms with Crippen LogP contribution in [0, 0.1) is 6.92 Å². The van der Waals surface area contributed by atoms with E-state index in [-0.39, 0.29) is 24.1 Å². The molecule has 1 heterocycles. The van der Waals surface area contributed by atoms with Gasteiger partial charge in [0.05, 0.1) is 19.9 Å². The van der Waals surface area contributed by atoms with Crippen molar-refractivity contribution in [3.05, 3.63) is 89.1 Å². The summed E-state index contributed by atoms with van der Waals surface area (Å²) in [5.41, 5.74) is 3.85. The number of aromatic nitrogens is 1. The SMILES string of the molecule is COc1ccc(CNC(=O)c2[nH]c3ccccc3c2NC(=O)c2cccc(C)c2)cc1OC. The average Bonchev–Trinajstić information content (AvgIpc) is 3.20. The molecule has 7 nitrogen and oxygen atoms in total. The summed E-state index contributed by atoms with van der Waals surface area (Å²) in [5.74, 6) is 0.586. The highest BCUT2D eigenvalue weighted by Crippen LogP contribution is 2.29. The van der Waals surface area contributed by atoms with Gasteiger partial charge in [-0.2, -0.15) is 0 Å². The molecule has 4 rings (SSSR count). The molecule has 4 aromatic rings. The molecule has 0 spiro atoms. The monoisotopic (exact) mass is 443 g/mol. The highest BCUT2D eigenvalue weighted by molar-refractivity contribution is 6.15. The summed E-state index contributed by atoms with van der Waals surface area (Å²) in [6.07, 6.45) is 0. The molecule has 0 aliphatic carbocycles. The van der Waals surface area contributed by atoms with E-state index in [1.807, 2.05) is 55.5 Å². The van der Waals surface area contributed by atoms with Crippen molar-refractivity contribution in [1.82, 2.24) is 10.3 Å². The second-order valence-electron chi connectivity index (χ2n) is 7.62. The predicted molar refractivity (Wildman–Crippen MR) is 128 cm³/mol. The maximum Gasteiger partial charge on any atom is 0.270 e. The summed E-state index contributed by atoms with van der Waals surface area (Å²) in [5, 5.41) is 6.59. The Balaban J connectivity index is 1.59. The van der Waals surface area contributed by atoms with Gasteiger partial charge in [0, 0.05) is 23.0 Å². The number of amides is 2. The number of nitrogens with one attached hydrogen (secondary N) is 3. The molecule has 168 valence electrons. The van der Waals surface area contributed by atoms with Crippen molar-refractivity contribution in [2.24, 2.45) is 0 Å². The summed E-state index contributed by atoms with van der Waals surface area (Å²) < 4.78 is 10.6. The minimum Gasteiger partial charge on any atom is -0.493 e. The first kappa shape index (κ1) is 22.0. The van der Waals surface area contributed by atoms with Gasteiger partial charge < -0.3 is 25.1 Å². The van der Waals surface area contributed by atoms with Crippen LogP contribution in [0.1, 0.15) is 32.0 Å². The van der Waals surface area contributed by atoms with E-state index in [0.717, 1.165) is 22.0 Å². The molecule has 3 N–H and O–H groups in total. The molecule has 0 bridgehead atoms. The topological polar surface area (TPSA) is 92.5 Å². The number of hydrogen-bond donors (Lipinski definition) is 3. The number of methoxy groups -OCH3 is 2. The maximum absolute atomic E-state index is 13.1. The average molecular weight is 444 g/mol. The van der Waals surface area contributed by atoms with E-state index in [0.29, 0.717) is 22.7 Å². The zero-order valence-corrected chi connectivity index (χ0v) is 18.7. The van der Waals surface area contributed by atoms with Gasteiger partial charge in [-0.05, 0) is 42.8 Å². The van der Waals surface area contributed by atoms with Gasteiger partial charge >= 0.3 is 0 Å². The zero-order chi connectivity index (χ0) is 23.4. The van der Waals surface area contributed by atoms with Crippen LogP contribution in [0.3, 0.4) is 0 Å². The quantitative estimate of drug-likeness (QED) is 0.387. The molecule has 2 amide bonds. The number of para-hydroxylation sites is 1. The van der Waals surface area contributed by atoms with Crippen molar-refractivity contribution in [1.29, 1.82) is 0 Å². The number of benzene rings is 3. The Labute approximate surface area is 191 Å². The van der Waals surface area contributed by atoms with Gasteiger partial charge in [-0.3, -0.25) is 9.59 Å². The molecule has 0 atom stereocenters. The third-order valence-electron chi connectivity index (χ3n) is 5.35. The Morgan fingerprint density at radius 2 is 1.67 bits per heavy atom. The number of fused-ring (bicyclic) bond motifs is 1. The van der Waals surface area contributed by atoms with Gasteiger partial charge in [-0.1, -0.05) is 42.0 Å². The summed E-state index contributed by atoms with van der Waals surface area (Å²) in [6.45, 7) is 2.20. The summed E-state index contributed by atoms with van der Waals surface area (Å²) in [7, 11) is 3.13. The van der Waals surface area contributed by atoms with Crippen LogP contribution < -0.4 is 20.1 Å². The normalized spacial score (nSPS) is 10.6. The number of H-pyrrole nitrogens is 1. The number of ether oxygens (including phenoxy) is 2. The van der Waals surface area contributed by atoms with E-state index < -0.39 is 0 Å². The molecule has 3 aromatic carbocycles. The zero-order valence-electron chi connectivity index (χ0n) is 18.7. The van der Waals surface area contributed by atoms with Gasteiger partial charge in [0.2, 0.25) is 0 Å². The minimum atomic E-state index is -0.333.